The van der Waals surface area contributed by atoms with Crippen LogP contribution in [0.3, 0.4) is 0 Å². The molecule has 0 unspecified atom stereocenters. The molecular weight excluding hydrogens is 343 g/mol. The smallest absolute Gasteiger partial charge is 0.260 e. The van der Waals surface area contributed by atoms with E-state index in [0.29, 0.717) is 17.6 Å². The molecule has 4 rings (SSSR count). The quantitative estimate of drug-likeness (QED) is 0.576. The van der Waals surface area contributed by atoms with Crippen molar-refractivity contribution < 1.29 is 4.39 Å². The number of nitrogens with one attached hydrogen (secondary N) is 1. The number of hydrogen-bond acceptors (Lipinski definition) is 4. The molecule has 6 heteroatoms. The molecule has 3 heterocycles. The number of aromatic nitrogens is 2. The van der Waals surface area contributed by atoms with Gasteiger partial charge < -0.3 is 4.98 Å². The van der Waals surface area contributed by atoms with E-state index in [1.165, 1.54) is 23.5 Å². The summed E-state index contributed by atoms with van der Waals surface area (Å²) in [6.45, 7) is 1.96. The summed E-state index contributed by atoms with van der Waals surface area (Å²) >= 11 is 3.14. The predicted molar refractivity (Wildman–Crippen MR) is 97.5 cm³/mol. The molecule has 0 radical (unpaired) electrons. The topological polar surface area (TPSA) is 45.8 Å². The Bertz CT molecular complexity index is 1060. The van der Waals surface area contributed by atoms with Crippen LogP contribution in [0.15, 0.2) is 46.6 Å². The third kappa shape index (κ3) is 2.68. The van der Waals surface area contributed by atoms with E-state index in [2.05, 4.69) is 9.97 Å². The average Bonchev–Trinajstić information content (AvgIpc) is 3.16. The summed E-state index contributed by atoms with van der Waals surface area (Å²) in [6.07, 6.45) is 0.617. The van der Waals surface area contributed by atoms with Crippen molar-refractivity contribution in [1.29, 1.82) is 0 Å². The Morgan fingerprint density at radius 2 is 2.00 bits per heavy atom. The van der Waals surface area contributed by atoms with E-state index < -0.39 is 0 Å². The van der Waals surface area contributed by atoms with Crippen molar-refractivity contribution in [1.82, 2.24) is 9.97 Å². The highest BCUT2D eigenvalue weighted by Crippen LogP contribution is 2.35. The molecule has 4 aromatic rings. The van der Waals surface area contributed by atoms with Crippen LogP contribution in [-0.4, -0.2) is 9.97 Å². The minimum Gasteiger partial charge on any atom is -0.310 e. The number of benzene rings is 1. The van der Waals surface area contributed by atoms with Crippen LogP contribution in [0.5, 0.6) is 0 Å². The first-order valence-corrected chi connectivity index (χ1v) is 9.12. The number of nitrogens with zero attached hydrogens (tertiary/aromatic N) is 1. The van der Waals surface area contributed by atoms with Crippen LogP contribution in [0.25, 0.3) is 21.3 Å². The molecule has 0 amide bonds. The maximum absolute atomic E-state index is 13.2. The van der Waals surface area contributed by atoms with E-state index in [9.17, 15) is 9.18 Å². The molecule has 0 spiro atoms. The lowest BCUT2D eigenvalue weighted by molar-refractivity contribution is 0.628. The number of halogens is 1. The molecule has 0 saturated carbocycles. The van der Waals surface area contributed by atoms with Gasteiger partial charge in [0.15, 0.2) is 0 Å². The second-order valence-corrected chi connectivity index (χ2v) is 7.72. The minimum atomic E-state index is -0.291. The maximum atomic E-state index is 13.2. The Hall–Kier alpha value is -2.31. The van der Waals surface area contributed by atoms with Crippen LogP contribution in [0.2, 0.25) is 0 Å². The zero-order valence-electron chi connectivity index (χ0n) is 12.8. The number of aromatic amines is 1. The average molecular weight is 356 g/mol. The first-order chi connectivity index (χ1) is 11.6. The fourth-order valence-electron chi connectivity index (χ4n) is 2.79. The fourth-order valence-corrected chi connectivity index (χ4v) is 4.56. The fraction of sp³-hybridized carbons (Fsp3) is 0.111. The van der Waals surface area contributed by atoms with E-state index in [0.717, 1.165) is 25.7 Å². The molecule has 0 aliphatic rings. The lowest BCUT2D eigenvalue weighted by Gasteiger charge is -2.03. The molecule has 0 bridgehead atoms. The summed E-state index contributed by atoms with van der Waals surface area (Å²) in [7, 11) is 0. The number of aryl methyl sites for hydroxylation is 1. The Kier molecular flexibility index (Phi) is 3.78. The zero-order valence-corrected chi connectivity index (χ0v) is 14.4. The molecule has 120 valence electrons. The highest BCUT2D eigenvalue weighted by Gasteiger charge is 2.16. The van der Waals surface area contributed by atoms with Crippen LogP contribution in [0.1, 0.15) is 15.6 Å². The normalized spacial score (nSPS) is 11.2. The van der Waals surface area contributed by atoms with Gasteiger partial charge >= 0.3 is 0 Å². The predicted octanol–water partition coefficient (Wildman–Crippen LogP) is 4.75. The van der Waals surface area contributed by atoms with Crippen molar-refractivity contribution >= 4 is 32.9 Å². The van der Waals surface area contributed by atoms with E-state index in [4.69, 9.17) is 0 Å². The lowest BCUT2D eigenvalue weighted by atomic mass is 10.0. The number of thiophene rings is 2. The Labute approximate surface area is 145 Å². The molecule has 0 atom stereocenters. The third-order valence-electron chi connectivity index (χ3n) is 3.84. The van der Waals surface area contributed by atoms with E-state index >= 15 is 0 Å². The zero-order chi connectivity index (χ0) is 16.7. The van der Waals surface area contributed by atoms with Gasteiger partial charge in [-0.3, -0.25) is 4.79 Å². The molecule has 0 aliphatic heterocycles. The van der Waals surface area contributed by atoms with Gasteiger partial charge in [-0.15, -0.1) is 22.7 Å². The summed E-state index contributed by atoms with van der Waals surface area (Å²) in [5.74, 6) is 0.378. The molecule has 0 fully saturated rings. The SMILES string of the molecule is Cc1sc2nc(Cc3cccs3)[nH]c(=O)c2c1-c1ccc(F)cc1. The van der Waals surface area contributed by atoms with Crippen LogP contribution in [0.4, 0.5) is 4.39 Å². The highest BCUT2D eigenvalue weighted by molar-refractivity contribution is 7.19. The molecule has 24 heavy (non-hydrogen) atoms. The minimum absolute atomic E-state index is 0.143. The van der Waals surface area contributed by atoms with E-state index in [1.54, 1.807) is 23.5 Å². The van der Waals surface area contributed by atoms with Crippen molar-refractivity contribution in [2.45, 2.75) is 13.3 Å². The van der Waals surface area contributed by atoms with Gasteiger partial charge in [-0.2, -0.15) is 0 Å². The number of rotatable bonds is 3. The molecule has 1 N–H and O–H groups in total. The summed E-state index contributed by atoms with van der Waals surface area (Å²) in [5, 5.41) is 2.59. The molecule has 0 saturated heterocycles. The monoisotopic (exact) mass is 356 g/mol. The number of hydrogen-bond donors (Lipinski definition) is 1. The Morgan fingerprint density at radius 1 is 1.21 bits per heavy atom. The van der Waals surface area contributed by atoms with E-state index in [-0.39, 0.29) is 11.4 Å². The summed E-state index contributed by atoms with van der Waals surface area (Å²) in [4.78, 5) is 23.1. The van der Waals surface area contributed by atoms with E-state index in [1.807, 2.05) is 24.4 Å². The van der Waals surface area contributed by atoms with Crippen molar-refractivity contribution in [2.24, 2.45) is 0 Å². The first kappa shape index (κ1) is 15.2. The number of fused-ring (bicyclic) bond motifs is 1. The standard InChI is InChI=1S/C18H13FN2OS2/c1-10-15(11-4-6-12(19)7-5-11)16-17(22)20-14(21-18(16)24-10)9-13-3-2-8-23-13/h2-8H,9H2,1H3,(H,20,21,22). The second-order valence-electron chi connectivity index (χ2n) is 5.49. The molecule has 3 nitrogen and oxygen atoms in total. The third-order valence-corrected chi connectivity index (χ3v) is 5.72. The van der Waals surface area contributed by atoms with Crippen molar-refractivity contribution in [2.75, 3.05) is 0 Å². The Morgan fingerprint density at radius 3 is 2.71 bits per heavy atom. The van der Waals surface area contributed by atoms with Crippen molar-refractivity contribution in [3.8, 4) is 11.1 Å². The molecule has 0 aliphatic carbocycles. The van der Waals surface area contributed by atoms with Gasteiger partial charge in [-0.1, -0.05) is 18.2 Å². The summed E-state index contributed by atoms with van der Waals surface area (Å²) in [5.41, 5.74) is 1.53. The van der Waals surface area contributed by atoms with Gasteiger partial charge in [0.1, 0.15) is 16.5 Å². The van der Waals surface area contributed by atoms with Crippen molar-refractivity contribution in [3.63, 3.8) is 0 Å². The second kappa shape index (κ2) is 5.96. The molecule has 1 aromatic carbocycles. The lowest BCUT2D eigenvalue weighted by Crippen LogP contribution is -2.11. The van der Waals surface area contributed by atoms with Crippen LogP contribution >= 0.6 is 22.7 Å². The highest BCUT2D eigenvalue weighted by atomic mass is 32.1. The van der Waals surface area contributed by atoms with Gasteiger partial charge in [-0.05, 0) is 36.1 Å². The summed E-state index contributed by atoms with van der Waals surface area (Å²) < 4.78 is 13.2. The van der Waals surface area contributed by atoms with Gasteiger partial charge in [0.2, 0.25) is 0 Å². The molecular formula is C18H13FN2OS2. The van der Waals surface area contributed by atoms with Gasteiger partial charge in [0.05, 0.1) is 5.39 Å². The first-order valence-electron chi connectivity index (χ1n) is 7.42. The maximum Gasteiger partial charge on any atom is 0.260 e. The molecule has 3 aromatic heterocycles. The van der Waals surface area contributed by atoms with Gasteiger partial charge in [0, 0.05) is 21.7 Å². The van der Waals surface area contributed by atoms with Crippen LogP contribution in [-0.2, 0) is 6.42 Å². The number of H-pyrrole nitrogens is 1. The largest absolute Gasteiger partial charge is 0.310 e. The van der Waals surface area contributed by atoms with Gasteiger partial charge in [-0.25, -0.2) is 9.37 Å². The van der Waals surface area contributed by atoms with Crippen molar-refractivity contribution in [3.05, 3.63) is 73.5 Å². The van der Waals surface area contributed by atoms with Gasteiger partial charge in [0.25, 0.3) is 5.56 Å². The van der Waals surface area contributed by atoms with Crippen LogP contribution in [0, 0.1) is 12.7 Å². The summed E-state index contributed by atoms with van der Waals surface area (Å²) in [6, 6.07) is 10.2. The Balaban J connectivity index is 1.86. The van der Waals surface area contributed by atoms with Crippen LogP contribution < -0.4 is 5.56 Å².